The first-order chi connectivity index (χ1) is 5.52. The Hall–Kier alpha value is 0.506. The zero-order chi connectivity index (χ0) is 9.19. The van der Waals surface area contributed by atoms with Gasteiger partial charge in [-0.3, -0.25) is 0 Å². The van der Waals surface area contributed by atoms with Gasteiger partial charge in [-0.25, -0.2) is 8.42 Å². The van der Waals surface area contributed by atoms with Crippen LogP contribution in [0.3, 0.4) is 0 Å². The molecule has 0 fully saturated rings. The Kier molecular flexibility index (Phi) is 5.61. The predicted molar refractivity (Wildman–Crippen MR) is 48.7 cm³/mol. The molecule has 0 unspecified atom stereocenters. The maximum atomic E-state index is 10.7. The predicted octanol–water partition coefficient (Wildman–Crippen LogP) is -0.957. The molecule has 0 spiro atoms. The van der Waals surface area contributed by atoms with Crippen LogP contribution in [0.5, 0.6) is 0 Å². The minimum atomic E-state index is -3.90. The summed E-state index contributed by atoms with van der Waals surface area (Å²) in [4.78, 5) is -0.164. The van der Waals surface area contributed by atoms with Gasteiger partial charge in [-0.1, -0.05) is 36.9 Å². The molecule has 1 N–H and O–H groups in total. The third-order valence-corrected chi connectivity index (χ3v) is 2.30. The molecule has 0 heterocycles. The SMILES string of the molecule is C=C(c1ccccc1)S([NH-])(=O)=O.[K+]. The van der Waals surface area contributed by atoms with Crippen LogP contribution in [0.25, 0.3) is 10.0 Å². The van der Waals surface area contributed by atoms with Gasteiger partial charge in [0.15, 0.2) is 0 Å². The maximum absolute atomic E-state index is 10.7. The van der Waals surface area contributed by atoms with Crippen molar-refractivity contribution in [1.82, 2.24) is 0 Å². The minimum absolute atomic E-state index is 0. The van der Waals surface area contributed by atoms with Gasteiger partial charge in [0.1, 0.15) is 0 Å². The Balaban J connectivity index is 0.00000144. The maximum Gasteiger partial charge on any atom is 1.00 e. The Morgan fingerprint density at radius 2 is 1.69 bits per heavy atom. The molecule has 0 aromatic heterocycles. The van der Waals surface area contributed by atoms with E-state index in [4.69, 9.17) is 5.14 Å². The van der Waals surface area contributed by atoms with Gasteiger partial charge in [0, 0.05) is 4.91 Å². The van der Waals surface area contributed by atoms with Crippen LogP contribution in [-0.2, 0) is 10.0 Å². The summed E-state index contributed by atoms with van der Waals surface area (Å²) in [6.07, 6.45) is 0. The first kappa shape index (κ1) is 13.5. The van der Waals surface area contributed by atoms with E-state index in [2.05, 4.69) is 6.58 Å². The molecule has 0 radical (unpaired) electrons. The number of hydrogen-bond acceptors (Lipinski definition) is 2. The second-order valence-corrected chi connectivity index (χ2v) is 3.79. The molecular formula is C8H8KNO2S. The van der Waals surface area contributed by atoms with Gasteiger partial charge in [-0.15, -0.1) is 0 Å². The van der Waals surface area contributed by atoms with Crippen LogP contribution in [0.15, 0.2) is 36.9 Å². The zero-order valence-corrected chi connectivity index (χ0v) is 11.3. The summed E-state index contributed by atoms with van der Waals surface area (Å²) in [5, 5.41) is 6.75. The number of nitrogens with one attached hydrogen (secondary N) is 1. The topological polar surface area (TPSA) is 57.9 Å². The van der Waals surface area contributed by atoms with Crippen LogP contribution >= 0.6 is 0 Å². The Labute approximate surface area is 120 Å². The molecule has 0 aliphatic carbocycles. The van der Waals surface area contributed by atoms with E-state index < -0.39 is 10.0 Å². The minimum Gasteiger partial charge on any atom is -0.560 e. The van der Waals surface area contributed by atoms with Crippen LogP contribution < -0.4 is 51.4 Å². The van der Waals surface area contributed by atoms with E-state index >= 15 is 0 Å². The van der Waals surface area contributed by atoms with Crippen molar-refractivity contribution in [3.8, 4) is 0 Å². The van der Waals surface area contributed by atoms with Crippen LogP contribution in [0, 0.1) is 0 Å². The molecule has 0 saturated heterocycles. The molecule has 0 aliphatic rings. The molecule has 0 atom stereocenters. The fraction of sp³-hybridized carbons (Fsp3) is 0. The summed E-state index contributed by atoms with van der Waals surface area (Å²) >= 11 is 0. The summed E-state index contributed by atoms with van der Waals surface area (Å²) in [5.41, 5.74) is 0.465. The van der Waals surface area contributed by atoms with Crippen LogP contribution in [0.2, 0.25) is 0 Å². The number of rotatable bonds is 2. The average Bonchev–Trinajstić information content (AvgIpc) is 2.03. The van der Waals surface area contributed by atoms with Crippen molar-refractivity contribution in [3.05, 3.63) is 47.6 Å². The van der Waals surface area contributed by atoms with E-state index in [1.165, 1.54) is 0 Å². The molecule has 0 aliphatic heterocycles. The summed E-state index contributed by atoms with van der Waals surface area (Å²) < 4.78 is 21.4. The van der Waals surface area contributed by atoms with Gasteiger partial charge in [-0.2, -0.15) is 0 Å². The summed E-state index contributed by atoms with van der Waals surface area (Å²) in [5.74, 6) is 0. The molecule has 0 saturated carbocycles. The van der Waals surface area contributed by atoms with Gasteiger partial charge >= 0.3 is 51.4 Å². The first-order valence-corrected chi connectivity index (χ1v) is 4.74. The smallest absolute Gasteiger partial charge is 0.560 e. The normalized spacial score (nSPS) is 10.2. The largest absolute Gasteiger partial charge is 1.00 e. The van der Waals surface area contributed by atoms with E-state index in [9.17, 15) is 8.42 Å². The van der Waals surface area contributed by atoms with E-state index in [-0.39, 0.29) is 56.3 Å². The quantitative estimate of drug-likeness (QED) is 0.604. The third kappa shape index (κ3) is 4.03. The molecule has 1 aromatic rings. The van der Waals surface area contributed by atoms with Crippen molar-refractivity contribution in [2.45, 2.75) is 0 Å². The van der Waals surface area contributed by atoms with Gasteiger partial charge in [-0.05, 0) is 5.56 Å². The van der Waals surface area contributed by atoms with Crippen LogP contribution in [0.4, 0.5) is 0 Å². The Morgan fingerprint density at radius 1 is 1.23 bits per heavy atom. The Morgan fingerprint density at radius 3 is 2.08 bits per heavy atom. The van der Waals surface area contributed by atoms with Crippen molar-refractivity contribution in [2.24, 2.45) is 0 Å². The third-order valence-electron chi connectivity index (χ3n) is 1.42. The molecule has 3 nitrogen and oxygen atoms in total. The molecule has 0 amide bonds. The second-order valence-electron chi connectivity index (χ2n) is 2.29. The fourth-order valence-corrected chi connectivity index (χ4v) is 1.23. The molecule has 1 aromatic carbocycles. The van der Waals surface area contributed by atoms with Crippen molar-refractivity contribution in [3.63, 3.8) is 0 Å². The van der Waals surface area contributed by atoms with Crippen molar-refractivity contribution in [2.75, 3.05) is 0 Å². The number of sulfonamides is 1. The molecule has 13 heavy (non-hydrogen) atoms. The van der Waals surface area contributed by atoms with Crippen molar-refractivity contribution >= 4 is 14.9 Å². The van der Waals surface area contributed by atoms with Gasteiger partial charge in [0.05, 0.1) is 10.0 Å². The molecule has 1 rings (SSSR count). The molecular weight excluding hydrogens is 213 g/mol. The van der Waals surface area contributed by atoms with Gasteiger partial charge in [0.25, 0.3) is 0 Å². The molecule has 64 valence electrons. The molecule has 5 heteroatoms. The van der Waals surface area contributed by atoms with E-state index in [0.717, 1.165) is 0 Å². The number of hydrogen-bond donors (Lipinski definition) is 0. The Bertz CT molecular complexity index is 386. The average molecular weight is 221 g/mol. The number of benzene rings is 1. The van der Waals surface area contributed by atoms with Gasteiger partial charge < -0.3 is 5.14 Å². The van der Waals surface area contributed by atoms with Crippen LogP contribution in [-0.4, -0.2) is 8.42 Å². The summed E-state index contributed by atoms with van der Waals surface area (Å²) in [6, 6.07) is 8.38. The van der Waals surface area contributed by atoms with E-state index in [1.807, 2.05) is 0 Å². The van der Waals surface area contributed by atoms with Crippen LogP contribution in [0.1, 0.15) is 5.56 Å². The molecule has 0 bridgehead atoms. The van der Waals surface area contributed by atoms with Gasteiger partial charge in [0.2, 0.25) is 0 Å². The monoisotopic (exact) mass is 221 g/mol. The zero-order valence-electron chi connectivity index (χ0n) is 7.32. The second kappa shape index (κ2) is 5.40. The van der Waals surface area contributed by atoms with E-state index in [0.29, 0.717) is 5.56 Å². The van der Waals surface area contributed by atoms with Crippen molar-refractivity contribution < 1.29 is 59.8 Å². The van der Waals surface area contributed by atoms with E-state index in [1.54, 1.807) is 30.3 Å². The van der Waals surface area contributed by atoms with Crippen molar-refractivity contribution in [1.29, 1.82) is 0 Å². The summed E-state index contributed by atoms with van der Waals surface area (Å²) in [7, 11) is -3.90. The first-order valence-electron chi connectivity index (χ1n) is 3.26. The standard InChI is InChI=1S/C8H8NO2S.K/c1-7(12(9,10)11)8-5-3-2-4-6-8;/h2-6H,1H2,(H-,9,10,11);/q-1;+1. The summed E-state index contributed by atoms with van der Waals surface area (Å²) in [6.45, 7) is 3.32. The fourth-order valence-electron chi connectivity index (χ4n) is 0.779.